The lowest BCUT2D eigenvalue weighted by Crippen LogP contribution is -2.44. The van der Waals surface area contributed by atoms with Crippen molar-refractivity contribution in [3.05, 3.63) is 95.2 Å². The molecular formula is C28H29N3O2. The van der Waals surface area contributed by atoms with Gasteiger partial charge in [-0.05, 0) is 55.0 Å². The fourth-order valence-corrected chi connectivity index (χ4v) is 4.35. The smallest absolute Gasteiger partial charge is 0.317 e. The number of urea groups is 1. The number of hydrogen-bond donors (Lipinski definition) is 1. The second kappa shape index (κ2) is 9.49. The van der Waals surface area contributed by atoms with Crippen LogP contribution in [-0.2, 0) is 0 Å². The van der Waals surface area contributed by atoms with Gasteiger partial charge in [0.1, 0.15) is 5.75 Å². The summed E-state index contributed by atoms with van der Waals surface area (Å²) in [5.41, 5.74) is 4.89. The molecule has 0 bridgehead atoms. The van der Waals surface area contributed by atoms with Crippen LogP contribution in [0.5, 0.6) is 11.6 Å². The topological polar surface area (TPSA) is 54.5 Å². The monoisotopic (exact) mass is 439 g/mol. The summed E-state index contributed by atoms with van der Waals surface area (Å²) in [7, 11) is 0. The third-order valence-electron chi connectivity index (χ3n) is 6.36. The van der Waals surface area contributed by atoms with Crippen molar-refractivity contribution in [2.24, 2.45) is 0 Å². The van der Waals surface area contributed by atoms with Crippen molar-refractivity contribution >= 4 is 12.1 Å². The summed E-state index contributed by atoms with van der Waals surface area (Å²) < 4.78 is 5.89. The molecule has 2 heterocycles. The first-order chi connectivity index (χ1) is 16.1. The van der Waals surface area contributed by atoms with E-state index in [9.17, 15) is 4.79 Å². The molecule has 1 saturated carbocycles. The number of carbonyl (C=O) groups excluding carboxylic acids is 1. The highest BCUT2D eigenvalue weighted by molar-refractivity contribution is 5.75. The van der Waals surface area contributed by atoms with E-state index in [-0.39, 0.29) is 12.1 Å². The van der Waals surface area contributed by atoms with Gasteiger partial charge in [-0.3, -0.25) is 0 Å². The van der Waals surface area contributed by atoms with Crippen LogP contribution in [0.25, 0.3) is 6.08 Å². The van der Waals surface area contributed by atoms with Crippen molar-refractivity contribution in [1.29, 1.82) is 0 Å². The molecule has 1 N–H and O–H groups in total. The quantitative estimate of drug-likeness (QED) is 0.536. The maximum absolute atomic E-state index is 12.7. The third-order valence-corrected chi connectivity index (χ3v) is 6.36. The highest BCUT2D eigenvalue weighted by Crippen LogP contribution is 2.40. The normalized spacial score (nSPS) is 19.7. The van der Waals surface area contributed by atoms with Gasteiger partial charge in [-0.15, -0.1) is 0 Å². The van der Waals surface area contributed by atoms with E-state index in [0.717, 1.165) is 49.2 Å². The summed E-state index contributed by atoms with van der Waals surface area (Å²) in [4.78, 5) is 19.0. The molecule has 1 unspecified atom stereocenters. The molecule has 2 aliphatic rings. The Labute approximate surface area is 195 Å². The number of hydrogen-bond acceptors (Lipinski definition) is 3. The minimum Gasteiger partial charge on any atom is -0.439 e. The minimum absolute atomic E-state index is 0.0680. The van der Waals surface area contributed by atoms with Crippen LogP contribution in [-0.4, -0.2) is 35.0 Å². The molecule has 2 fully saturated rings. The van der Waals surface area contributed by atoms with E-state index in [2.05, 4.69) is 46.7 Å². The predicted molar refractivity (Wildman–Crippen MR) is 130 cm³/mol. The molecule has 0 radical (unpaired) electrons. The molecule has 1 saturated heterocycles. The Balaban J connectivity index is 1.13. The van der Waals surface area contributed by atoms with E-state index in [1.807, 2.05) is 48.2 Å². The van der Waals surface area contributed by atoms with Crippen molar-refractivity contribution in [2.75, 3.05) is 13.1 Å². The maximum atomic E-state index is 12.7. The fraction of sp³-hybridized carbons (Fsp3) is 0.286. The number of aromatic nitrogens is 1. The lowest BCUT2D eigenvalue weighted by molar-refractivity contribution is 0.193. The molecular weight excluding hydrogens is 410 g/mol. The van der Waals surface area contributed by atoms with Gasteiger partial charge in [0.25, 0.3) is 0 Å². The van der Waals surface area contributed by atoms with Crippen LogP contribution in [0.3, 0.4) is 0 Å². The van der Waals surface area contributed by atoms with Crippen LogP contribution >= 0.6 is 0 Å². The number of aryl methyl sites for hydroxylation is 1. The molecule has 5 heteroatoms. The van der Waals surface area contributed by atoms with Gasteiger partial charge in [0.2, 0.25) is 5.88 Å². The SMILES string of the molecule is Cc1ccc(Oc2cccc(C=C3CCN(C(=O)N[C@H]4CC4c4ccccc4)CC3)c2)nc1. The molecule has 1 aliphatic carbocycles. The predicted octanol–water partition coefficient (Wildman–Crippen LogP) is 5.93. The third kappa shape index (κ3) is 5.43. The molecule has 2 aromatic carbocycles. The minimum atomic E-state index is 0.0680. The van der Waals surface area contributed by atoms with Crippen LogP contribution in [0, 0.1) is 6.92 Å². The van der Waals surface area contributed by atoms with Crippen LogP contribution in [0.15, 0.2) is 78.5 Å². The summed E-state index contributed by atoms with van der Waals surface area (Å²) >= 11 is 0. The van der Waals surface area contributed by atoms with E-state index in [1.165, 1.54) is 11.1 Å². The molecule has 168 valence electrons. The number of carbonyl (C=O) groups is 1. The van der Waals surface area contributed by atoms with Crippen molar-refractivity contribution in [3.63, 3.8) is 0 Å². The summed E-state index contributed by atoms with van der Waals surface area (Å²) in [6, 6.07) is 22.7. The first kappa shape index (κ1) is 21.3. The van der Waals surface area contributed by atoms with Gasteiger partial charge in [0.15, 0.2) is 0 Å². The van der Waals surface area contributed by atoms with Gasteiger partial charge in [-0.2, -0.15) is 0 Å². The van der Waals surface area contributed by atoms with Crippen molar-refractivity contribution in [1.82, 2.24) is 15.2 Å². The molecule has 33 heavy (non-hydrogen) atoms. The Morgan fingerprint density at radius 2 is 1.88 bits per heavy atom. The Bertz CT molecular complexity index is 1130. The van der Waals surface area contributed by atoms with Crippen LogP contribution in [0.1, 0.15) is 41.9 Å². The average Bonchev–Trinajstić information content (AvgIpc) is 3.61. The molecule has 5 nitrogen and oxygen atoms in total. The van der Waals surface area contributed by atoms with Crippen LogP contribution < -0.4 is 10.1 Å². The standard InChI is InChI=1S/C28H29N3O2/c1-20-10-11-27(29-19-20)33-24-9-5-6-22(17-24)16-21-12-14-31(15-13-21)28(32)30-26-18-25(26)23-7-3-2-4-8-23/h2-11,16-17,19,25-26H,12-15,18H2,1H3,(H,30,32)/t25?,26-/m0/s1. The number of likely N-dealkylation sites (tertiary alicyclic amines) is 1. The zero-order chi connectivity index (χ0) is 22.6. The van der Waals surface area contributed by atoms with Gasteiger partial charge in [0, 0.05) is 37.3 Å². The van der Waals surface area contributed by atoms with Crippen molar-refractivity contribution in [3.8, 4) is 11.6 Å². The molecule has 1 aliphatic heterocycles. The van der Waals surface area contributed by atoms with E-state index in [4.69, 9.17) is 4.74 Å². The zero-order valence-corrected chi connectivity index (χ0v) is 18.9. The van der Waals surface area contributed by atoms with Gasteiger partial charge in [0.05, 0.1) is 0 Å². The second-order valence-corrected chi connectivity index (χ2v) is 8.95. The number of amides is 2. The molecule has 5 rings (SSSR count). The fourth-order valence-electron chi connectivity index (χ4n) is 4.35. The van der Waals surface area contributed by atoms with Crippen molar-refractivity contribution in [2.45, 2.75) is 38.1 Å². The molecule has 0 spiro atoms. The highest BCUT2D eigenvalue weighted by Gasteiger charge is 2.40. The second-order valence-electron chi connectivity index (χ2n) is 8.95. The molecule has 2 amide bonds. The summed E-state index contributed by atoms with van der Waals surface area (Å²) in [5.74, 6) is 1.82. The number of piperidine rings is 1. The average molecular weight is 440 g/mol. The van der Waals surface area contributed by atoms with Crippen LogP contribution in [0.2, 0.25) is 0 Å². The number of benzene rings is 2. The lowest BCUT2D eigenvalue weighted by atomic mass is 10.0. The summed E-state index contributed by atoms with van der Waals surface area (Å²) in [6.07, 6.45) is 6.84. The maximum Gasteiger partial charge on any atom is 0.317 e. The van der Waals surface area contributed by atoms with Crippen molar-refractivity contribution < 1.29 is 9.53 Å². The lowest BCUT2D eigenvalue weighted by Gasteiger charge is -2.28. The Morgan fingerprint density at radius 1 is 1.06 bits per heavy atom. The number of ether oxygens (including phenoxy) is 1. The molecule has 2 atom stereocenters. The first-order valence-corrected chi connectivity index (χ1v) is 11.6. The number of nitrogens with one attached hydrogen (secondary N) is 1. The summed E-state index contributed by atoms with van der Waals surface area (Å²) in [6.45, 7) is 3.51. The first-order valence-electron chi connectivity index (χ1n) is 11.6. The number of rotatable bonds is 5. The highest BCUT2D eigenvalue weighted by atomic mass is 16.5. The zero-order valence-electron chi connectivity index (χ0n) is 18.9. The largest absolute Gasteiger partial charge is 0.439 e. The molecule has 1 aromatic heterocycles. The van der Waals surface area contributed by atoms with Gasteiger partial charge in [-0.25, -0.2) is 9.78 Å². The summed E-state index contributed by atoms with van der Waals surface area (Å²) in [5, 5.41) is 3.22. The number of pyridine rings is 1. The molecule has 3 aromatic rings. The number of nitrogens with zero attached hydrogens (tertiary/aromatic N) is 2. The van der Waals surface area contributed by atoms with Gasteiger partial charge < -0.3 is 15.0 Å². The van der Waals surface area contributed by atoms with Gasteiger partial charge in [-0.1, -0.05) is 60.2 Å². The van der Waals surface area contributed by atoms with E-state index < -0.39 is 0 Å². The van der Waals surface area contributed by atoms with E-state index >= 15 is 0 Å². The Kier molecular flexibility index (Phi) is 6.11. The Hall–Kier alpha value is -3.60. The van der Waals surface area contributed by atoms with Crippen LogP contribution in [0.4, 0.5) is 4.79 Å². The van der Waals surface area contributed by atoms with E-state index in [0.29, 0.717) is 11.8 Å². The Morgan fingerprint density at radius 3 is 2.64 bits per heavy atom. The van der Waals surface area contributed by atoms with Gasteiger partial charge >= 0.3 is 6.03 Å². The van der Waals surface area contributed by atoms with E-state index in [1.54, 1.807) is 6.20 Å².